The van der Waals surface area contributed by atoms with Gasteiger partial charge in [0.15, 0.2) is 6.23 Å². The van der Waals surface area contributed by atoms with Crippen LogP contribution in [-0.4, -0.2) is 70.0 Å². The Morgan fingerprint density at radius 1 is 1.33 bits per heavy atom. The van der Waals surface area contributed by atoms with Crippen molar-refractivity contribution < 1.29 is 47.3 Å². The molecule has 1 fully saturated rings. The summed E-state index contributed by atoms with van der Waals surface area (Å²) in [5.41, 5.74) is 0. The number of carbonyl (C=O) groups excluding carboxylic acids is 2. The Kier molecular flexibility index (Phi) is 8.55. The highest BCUT2D eigenvalue weighted by molar-refractivity contribution is 7.52. The van der Waals surface area contributed by atoms with E-state index in [1.54, 1.807) is 32.0 Å². The van der Waals surface area contributed by atoms with Gasteiger partial charge in [-0.15, -0.1) is 0 Å². The van der Waals surface area contributed by atoms with Crippen LogP contribution in [0.5, 0.6) is 5.75 Å². The lowest BCUT2D eigenvalue weighted by atomic mass is 10.1. The number of amides is 1. The molecule has 4 N–H and O–H groups in total. The minimum atomic E-state index is -4.47. The molecule has 14 heteroatoms. The maximum absolute atomic E-state index is 15.7. The van der Waals surface area contributed by atoms with Crippen molar-refractivity contribution >= 4 is 19.6 Å². The molecule has 0 spiro atoms. The van der Waals surface area contributed by atoms with E-state index in [0.29, 0.717) is 0 Å². The summed E-state index contributed by atoms with van der Waals surface area (Å²) >= 11 is 0. The second-order valence-electron chi connectivity index (χ2n) is 8.40. The summed E-state index contributed by atoms with van der Waals surface area (Å²) in [6, 6.07) is 6.61. The van der Waals surface area contributed by atoms with Crippen LogP contribution in [0, 0.1) is 0 Å². The number of nitrogens with one attached hydrogen (secondary N) is 2. The van der Waals surface area contributed by atoms with Crippen molar-refractivity contribution in [1.82, 2.24) is 15.3 Å². The van der Waals surface area contributed by atoms with Crippen LogP contribution in [0.1, 0.15) is 20.8 Å². The van der Waals surface area contributed by atoms with E-state index in [0.717, 1.165) is 11.0 Å². The smallest absolute Gasteiger partial charge is 0.459 e. The molecular formula is C22H29FN3O9P. The number of hydrogen-bond acceptors (Lipinski definition) is 10. The third-order valence-corrected chi connectivity index (χ3v) is 6.69. The third kappa shape index (κ3) is 6.49. The number of rotatable bonds is 10. The Hall–Kier alpha value is -2.80. The number of nitrogens with zero attached hydrogens (tertiary/aromatic N) is 1. The van der Waals surface area contributed by atoms with Crippen molar-refractivity contribution in [2.75, 3.05) is 6.61 Å². The SMILES string of the molecule is C=C1NC(=O)C=CN1[C@@H]1O[C@](F)(COP(=O)(N[C@H](C)C(=O)OC(C)C)Oc2ccccc2)[C@@H](O)[C@H]1O. The molecule has 1 aromatic carbocycles. The molecule has 2 heterocycles. The molecule has 1 aromatic rings. The van der Waals surface area contributed by atoms with Gasteiger partial charge in [-0.2, -0.15) is 5.09 Å². The summed E-state index contributed by atoms with van der Waals surface area (Å²) in [5.74, 6) is -4.25. The number of aliphatic hydroxyl groups is 2. The number of benzene rings is 1. The molecule has 2 aliphatic rings. The number of alkyl halides is 1. The molecule has 0 aromatic heterocycles. The summed E-state index contributed by atoms with van der Waals surface area (Å²) in [6.07, 6.45) is -3.61. The zero-order chi connectivity index (χ0) is 26.7. The molecule has 0 aliphatic carbocycles. The van der Waals surface area contributed by atoms with Gasteiger partial charge in [0.1, 0.15) is 36.4 Å². The molecule has 12 nitrogen and oxygen atoms in total. The zero-order valence-electron chi connectivity index (χ0n) is 19.9. The number of halogens is 1. The molecule has 0 bridgehead atoms. The van der Waals surface area contributed by atoms with E-state index in [9.17, 15) is 24.4 Å². The summed E-state index contributed by atoms with van der Waals surface area (Å²) in [7, 11) is -4.47. The minimum Gasteiger partial charge on any atom is -0.462 e. The molecule has 36 heavy (non-hydrogen) atoms. The zero-order valence-corrected chi connectivity index (χ0v) is 20.8. The number of aliphatic hydroxyl groups excluding tert-OH is 2. The van der Waals surface area contributed by atoms with Gasteiger partial charge in [-0.3, -0.25) is 14.1 Å². The van der Waals surface area contributed by atoms with Crippen LogP contribution >= 0.6 is 7.75 Å². The second-order valence-corrected chi connectivity index (χ2v) is 10.1. The van der Waals surface area contributed by atoms with Crippen molar-refractivity contribution in [2.45, 2.75) is 57.2 Å². The fourth-order valence-electron chi connectivity index (χ4n) is 3.32. The highest BCUT2D eigenvalue weighted by atomic mass is 31.2. The van der Waals surface area contributed by atoms with Crippen LogP contribution in [-0.2, 0) is 28.2 Å². The Morgan fingerprint density at radius 3 is 2.61 bits per heavy atom. The molecule has 0 saturated carbocycles. The summed E-state index contributed by atoms with van der Waals surface area (Å²) < 4.78 is 50.2. The highest BCUT2D eigenvalue weighted by Crippen LogP contribution is 2.47. The maximum atomic E-state index is 15.7. The quantitative estimate of drug-likeness (QED) is 0.256. The van der Waals surface area contributed by atoms with E-state index >= 15 is 4.39 Å². The summed E-state index contributed by atoms with van der Waals surface area (Å²) in [4.78, 5) is 24.8. The van der Waals surface area contributed by atoms with E-state index < -0.39 is 62.7 Å². The van der Waals surface area contributed by atoms with E-state index in [1.165, 1.54) is 25.3 Å². The van der Waals surface area contributed by atoms with Gasteiger partial charge >= 0.3 is 13.7 Å². The normalized spacial score (nSPS) is 28.5. The van der Waals surface area contributed by atoms with Crippen LogP contribution in [0.2, 0.25) is 0 Å². The first-order valence-electron chi connectivity index (χ1n) is 11.0. The lowest BCUT2D eigenvalue weighted by molar-refractivity contribution is -0.206. The summed E-state index contributed by atoms with van der Waals surface area (Å²) in [5, 5.41) is 25.6. The predicted molar refractivity (Wildman–Crippen MR) is 123 cm³/mol. The van der Waals surface area contributed by atoms with Gasteiger partial charge in [0.25, 0.3) is 11.8 Å². The van der Waals surface area contributed by atoms with Crippen LogP contribution in [0.25, 0.3) is 0 Å². The number of para-hydroxylation sites is 1. The lowest BCUT2D eigenvalue weighted by Crippen LogP contribution is -2.46. The van der Waals surface area contributed by atoms with Crippen LogP contribution in [0.15, 0.2) is 55.0 Å². The van der Waals surface area contributed by atoms with Crippen molar-refractivity contribution in [1.29, 1.82) is 0 Å². The van der Waals surface area contributed by atoms with Gasteiger partial charge < -0.3 is 34.4 Å². The predicted octanol–water partition coefficient (Wildman–Crippen LogP) is 1.28. The van der Waals surface area contributed by atoms with E-state index in [-0.39, 0.29) is 11.6 Å². The second kappa shape index (κ2) is 11.1. The number of hydrogen-bond donors (Lipinski definition) is 4. The molecule has 2 aliphatic heterocycles. The standard InChI is InChI=1S/C22H29FN3O9P/c1-13(2)33-21(30)14(3)25-36(31,35-16-8-6-5-7-9-16)32-12-22(23)19(29)18(28)20(34-22)26-11-10-17(27)24-15(26)4/h5-11,13-14,18-20,28-29H,4,12H2,1-3H3,(H,24,27)(H,25,31)/t14-,18-,19+,20-,22-,36?/m1/s1. The fourth-order valence-corrected chi connectivity index (χ4v) is 4.83. The number of esters is 1. The van der Waals surface area contributed by atoms with Gasteiger partial charge in [-0.05, 0) is 32.9 Å². The Labute approximate surface area is 207 Å². The van der Waals surface area contributed by atoms with Crippen LogP contribution in [0.4, 0.5) is 4.39 Å². The van der Waals surface area contributed by atoms with Gasteiger partial charge in [0.05, 0.1) is 6.10 Å². The average Bonchev–Trinajstić information content (AvgIpc) is 3.02. The molecule has 198 valence electrons. The maximum Gasteiger partial charge on any atom is 0.459 e. The van der Waals surface area contributed by atoms with E-state index in [1.807, 2.05) is 0 Å². The van der Waals surface area contributed by atoms with Crippen molar-refractivity contribution in [3.05, 3.63) is 55.0 Å². The Morgan fingerprint density at radius 2 is 2.00 bits per heavy atom. The number of ether oxygens (including phenoxy) is 2. The van der Waals surface area contributed by atoms with Crippen molar-refractivity contribution in [2.24, 2.45) is 0 Å². The number of carbonyl (C=O) groups is 2. The first-order chi connectivity index (χ1) is 16.8. The molecule has 6 atom stereocenters. The van der Waals surface area contributed by atoms with Gasteiger partial charge in [-0.1, -0.05) is 24.8 Å². The molecule has 1 unspecified atom stereocenters. The molecule has 1 amide bonds. The topological polar surface area (TPSA) is 156 Å². The minimum absolute atomic E-state index is 0.0267. The van der Waals surface area contributed by atoms with Gasteiger partial charge in [0.2, 0.25) is 0 Å². The van der Waals surface area contributed by atoms with Crippen LogP contribution in [0.3, 0.4) is 0 Å². The third-order valence-electron chi connectivity index (χ3n) is 5.07. The van der Waals surface area contributed by atoms with E-state index in [4.69, 9.17) is 18.5 Å². The van der Waals surface area contributed by atoms with Crippen LogP contribution < -0.4 is 14.9 Å². The summed E-state index contributed by atoms with van der Waals surface area (Å²) in [6.45, 7) is 7.05. The first kappa shape index (κ1) is 27.8. The van der Waals surface area contributed by atoms with Gasteiger partial charge in [0, 0.05) is 12.3 Å². The monoisotopic (exact) mass is 529 g/mol. The molecule has 1 saturated heterocycles. The van der Waals surface area contributed by atoms with Crippen molar-refractivity contribution in [3.8, 4) is 5.75 Å². The average molecular weight is 529 g/mol. The van der Waals surface area contributed by atoms with Crippen molar-refractivity contribution in [3.63, 3.8) is 0 Å². The fraction of sp³-hybridized carbons (Fsp3) is 0.455. The lowest BCUT2D eigenvalue weighted by Gasteiger charge is -2.32. The Bertz CT molecular complexity index is 1060. The highest BCUT2D eigenvalue weighted by Gasteiger charge is 2.58. The molecular weight excluding hydrogens is 500 g/mol. The molecule has 3 rings (SSSR count). The molecule has 0 radical (unpaired) electrons. The first-order valence-corrected chi connectivity index (χ1v) is 12.5. The Balaban J connectivity index is 1.78. The largest absolute Gasteiger partial charge is 0.462 e. The van der Waals surface area contributed by atoms with Gasteiger partial charge in [-0.25, -0.2) is 8.96 Å². The van der Waals surface area contributed by atoms with E-state index in [2.05, 4.69) is 17.0 Å².